The fourth-order valence-corrected chi connectivity index (χ4v) is 3.15. The smallest absolute Gasteiger partial charge is 0.281 e. The first-order valence-electron chi connectivity index (χ1n) is 6.85. The Balaban J connectivity index is 2.27. The number of hydrogen-bond acceptors (Lipinski definition) is 4. The van der Waals surface area contributed by atoms with Crippen LogP contribution in [0, 0.1) is 6.92 Å². The third kappa shape index (κ3) is 1.79. The molecule has 0 amide bonds. The van der Waals surface area contributed by atoms with E-state index in [1.807, 2.05) is 23.6 Å². The molecule has 0 saturated heterocycles. The van der Waals surface area contributed by atoms with Crippen LogP contribution >= 0.6 is 15.9 Å². The predicted molar refractivity (Wildman–Crippen MR) is 82.4 cm³/mol. The number of fused-ring (bicyclic) bond motifs is 3. The van der Waals surface area contributed by atoms with Crippen LogP contribution in [-0.4, -0.2) is 14.7 Å². The van der Waals surface area contributed by atoms with Gasteiger partial charge in [-0.05, 0) is 37.5 Å². The number of halogens is 1. The van der Waals surface area contributed by atoms with E-state index in [4.69, 9.17) is 4.42 Å². The molecule has 1 aromatic carbocycles. The van der Waals surface area contributed by atoms with Gasteiger partial charge in [-0.1, -0.05) is 15.9 Å². The van der Waals surface area contributed by atoms with Gasteiger partial charge in [0.2, 0.25) is 5.89 Å². The summed E-state index contributed by atoms with van der Waals surface area (Å²) in [6.45, 7) is 1.68. The highest BCUT2D eigenvalue weighted by Crippen LogP contribution is 2.39. The van der Waals surface area contributed by atoms with Crippen LogP contribution in [-0.2, 0) is 6.61 Å². The fourth-order valence-electron chi connectivity index (χ4n) is 2.83. The molecule has 21 heavy (non-hydrogen) atoms. The molecule has 5 nitrogen and oxygen atoms in total. The van der Waals surface area contributed by atoms with Crippen LogP contribution in [0.5, 0.6) is 0 Å². The summed E-state index contributed by atoms with van der Waals surface area (Å²) in [5.74, 6) is 0.178. The van der Waals surface area contributed by atoms with Gasteiger partial charge in [-0.15, -0.1) is 0 Å². The van der Waals surface area contributed by atoms with Crippen molar-refractivity contribution in [3.8, 4) is 0 Å². The molecule has 1 fully saturated rings. The lowest BCUT2D eigenvalue weighted by Gasteiger charge is -2.12. The van der Waals surface area contributed by atoms with Crippen molar-refractivity contribution in [3.63, 3.8) is 0 Å². The Bertz CT molecular complexity index is 938. The zero-order chi connectivity index (χ0) is 14.7. The Hall–Kier alpha value is -1.66. The number of oxazole rings is 1. The summed E-state index contributed by atoms with van der Waals surface area (Å²) in [5.41, 5.74) is 2.54. The molecule has 0 spiro atoms. The summed E-state index contributed by atoms with van der Waals surface area (Å²) in [7, 11) is 0. The molecule has 1 aliphatic carbocycles. The quantitative estimate of drug-likeness (QED) is 0.772. The van der Waals surface area contributed by atoms with Crippen molar-refractivity contribution in [2.75, 3.05) is 0 Å². The molecule has 2 heterocycles. The van der Waals surface area contributed by atoms with Crippen molar-refractivity contribution in [2.45, 2.75) is 32.4 Å². The second-order valence-electron chi connectivity index (χ2n) is 5.42. The summed E-state index contributed by atoms with van der Waals surface area (Å²) in [6, 6.07) is 4.12. The van der Waals surface area contributed by atoms with E-state index in [2.05, 4.69) is 20.9 Å². The first-order valence-corrected chi connectivity index (χ1v) is 7.64. The first-order chi connectivity index (χ1) is 10.1. The highest BCUT2D eigenvalue weighted by molar-refractivity contribution is 9.10. The molecule has 0 radical (unpaired) electrons. The van der Waals surface area contributed by atoms with E-state index in [0.717, 1.165) is 33.8 Å². The summed E-state index contributed by atoms with van der Waals surface area (Å²) in [5, 5.41) is 10.1. The van der Waals surface area contributed by atoms with Crippen LogP contribution in [0.1, 0.15) is 30.3 Å². The molecular formula is C15H13BrN2O3. The van der Waals surface area contributed by atoms with Gasteiger partial charge in [-0.3, -0.25) is 4.79 Å². The van der Waals surface area contributed by atoms with E-state index in [1.54, 1.807) is 0 Å². The van der Waals surface area contributed by atoms with Gasteiger partial charge < -0.3 is 14.1 Å². The maximum Gasteiger partial charge on any atom is 0.281 e. The molecule has 108 valence electrons. The van der Waals surface area contributed by atoms with E-state index in [-0.39, 0.29) is 24.1 Å². The molecule has 6 heteroatoms. The number of pyridine rings is 1. The van der Waals surface area contributed by atoms with Crippen LogP contribution < -0.4 is 5.56 Å². The van der Waals surface area contributed by atoms with Gasteiger partial charge in [0.15, 0.2) is 11.1 Å². The molecular weight excluding hydrogens is 336 g/mol. The van der Waals surface area contributed by atoms with Crippen molar-refractivity contribution in [1.82, 2.24) is 9.55 Å². The molecule has 1 N–H and O–H groups in total. The monoisotopic (exact) mass is 348 g/mol. The lowest BCUT2D eigenvalue weighted by Crippen LogP contribution is -2.20. The zero-order valence-corrected chi connectivity index (χ0v) is 13.0. The first kappa shape index (κ1) is 13.0. The van der Waals surface area contributed by atoms with Crippen molar-refractivity contribution < 1.29 is 9.52 Å². The zero-order valence-electron chi connectivity index (χ0n) is 11.4. The Morgan fingerprint density at radius 1 is 1.48 bits per heavy atom. The Morgan fingerprint density at radius 3 is 2.90 bits per heavy atom. The van der Waals surface area contributed by atoms with Gasteiger partial charge in [0.1, 0.15) is 6.61 Å². The number of aryl methyl sites for hydroxylation is 1. The van der Waals surface area contributed by atoms with Crippen LogP contribution in [0.4, 0.5) is 0 Å². The summed E-state index contributed by atoms with van der Waals surface area (Å²) in [6.07, 6.45) is 2.02. The minimum atomic E-state index is -0.311. The normalized spacial score (nSPS) is 15.2. The van der Waals surface area contributed by atoms with Gasteiger partial charge in [-0.2, -0.15) is 0 Å². The van der Waals surface area contributed by atoms with Crippen molar-refractivity contribution in [1.29, 1.82) is 0 Å². The maximum absolute atomic E-state index is 12.8. The maximum atomic E-state index is 12.8. The number of aliphatic hydroxyl groups excluding tert-OH is 1. The third-order valence-corrected chi connectivity index (χ3v) is 4.85. The fraction of sp³-hybridized carbons (Fsp3) is 0.333. The number of nitrogens with zero attached hydrogens (tertiary/aromatic N) is 2. The molecule has 0 atom stereocenters. The summed E-state index contributed by atoms with van der Waals surface area (Å²) in [4.78, 5) is 16.9. The molecule has 0 bridgehead atoms. The topological polar surface area (TPSA) is 68.3 Å². The number of rotatable bonds is 2. The molecule has 4 rings (SSSR count). The van der Waals surface area contributed by atoms with Crippen LogP contribution in [0.15, 0.2) is 25.8 Å². The number of aliphatic hydroxyl groups is 1. The van der Waals surface area contributed by atoms with E-state index < -0.39 is 0 Å². The number of aromatic nitrogens is 2. The van der Waals surface area contributed by atoms with E-state index in [0.29, 0.717) is 11.1 Å². The third-order valence-electron chi connectivity index (χ3n) is 3.99. The molecule has 3 aromatic rings. The number of benzene rings is 1. The molecule has 1 aliphatic rings. The SMILES string of the molecule is Cc1c(Br)ccc2c3oc(CO)nc3c(=O)n(C3CC3)c12. The standard InChI is InChI=1S/C15H13BrN2O3/c1-7-10(16)5-4-9-13(7)18(8-2-3-8)15(20)12-14(9)21-11(6-19)17-12/h4-5,8,19H,2-3,6H2,1H3. The molecule has 2 aromatic heterocycles. The number of hydrogen-bond donors (Lipinski definition) is 1. The van der Waals surface area contributed by atoms with Crippen LogP contribution in [0.25, 0.3) is 22.0 Å². The highest BCUT2D eigenvalue weighted by Gasteiger charge is 2.29. The van der Waals surface area contributed by atoms with E-state index in [9.17, 15) is 9.90 Å². The van der Waals surface area contributed by atoms with Crippen molar-refractivity contribution >= 4 is 37.9 Å². The Labute approximate surface area is 128 Å². The van der Waals surface area contributed by atoms with Crippen LogP contribution in [0.3, 0.4) is 0 Å². The van der Waals surface area contributed by atoms with Gasteiger partial charge in [0.05, 0.1) is 5.52 Å². The van der Waals surface area contributed by atoms with Gasteiger partial charge in [-0.25, -0.2) is 4.98 Å². The van der Waals surface area contributed by atoms with Gasteiger partial charge in [0, 0.05) is 15.9 Å². The predicted octanol–water partition coefficient (Wildman–Crippen LogP) is 3.04. The molecule has 0 aliphatic heterocycles. The second-order valence-corrected chi connectivity index (χ2v) is 6.27. The van der Waals surface area contributed by atoms with Crippen LogP contribution in [0.2, 0.25) is 0 Å². The highest BCUT2D eigenvalue weighted by atomic mass is 79.9. The molecule has 1 saturated carbocycles. The average Bonchev–Trinajstić information content (AvgIpc) is 3.21. The Morgan fingerprint density at radius 2 is 2.24 bits per heavy atom. The Kier molecular flexibility index (Phi) is 2.74. The molecule has 0 unspecified atom stereocenters. The van der Waals surface area contributed by atoms with E-state index in [1.165, 1.54) is 0 Å². The van der Waals surface area contributed by atoms with Gasteiger partial charge in [0.25, 0.3) is 5.56 Å². The largest absolute Gasteiger partial charge is 0.437 e. The summed E-state index contributed by atoms with van der Waals surface area (Å²) >= 11 is 3.53. The van der Waals surface area contributed by atoms with Crippen molar-refractivity contribution in [2.24, 2.45) is 0 Å². The minimum absolute atomic E-state index is 0.135. The lowest BCUT2D eigenvalue weighted by molar-refractivity contribution is 0.244. The van der Waals surface area contributed by atoms with Gasteiger partial charge >= 0.3 is 0 Å². The van der Waals surface area contributed by atoms with E-state index >= 15 is 0 Å². The van der Waals surface area contributed by atoms with Crippen molar-refractivity contribution in [3.05, 3.63) is 38.4 Å². The summed E-state index contributed by atoms with van der Waals surface area (Å²) < 4.78 is 8.37. The second kappa shape index (κ2) is 4.42. The average molecular weight is 349 g/mol. The minimum Gasteiger partial charge on any atom is -0.437 e. The lowest BCUT2D eigenvalue weighted by atomic mass is 10.1.